The average molecular weight is 198 g/mol. The zero-order chi connectivity index (χ0) is 10.2. The van der Waals surface area contributed by atoms with Gasteiger partial charge in [0.2, 0.25) is 0 Å². The Bertz CT molecular complexity index is 122. The molecule has 0 bridgehead atoms. The van der Waals surface area contributed by atoms with E-state index in [1.165, 1.54) is 64.7 Å². The molecule has 0 spiro atoms. The summed E-state index contributed by atoms with van der Waals surface area (Å²) in [7, 11) is 0. The quantitative estimate of drug-likeness (QED) is 0.620. The number of hydrazine groups is 1. The molecule has 0 aliphatic carbocycles. The lowest BCUT2D eigenvalue weighted by atomic mass is 10.3. The molecule has 0 saturated carbocycles. The third-order valence-corrected chi connectivity index (χ3v) is 3.02. The predicted octanol–water partition coefficient (Wildman–Crippen LogP) is 2.90. The maximum atomic E-state index is 2.60. The van der Waals surface area contributed by atoms with Crippen LogP contribution in [0.1, 0.15) is 52.4 Å². The molecule has 0 unspecified atom stereocenters. The van der Waals surface area contributed by atoms with Crippen LogP contribution in [0, 0.1) is 0 Å². The van der Waals surface area contributed by atoms with Crippen molar-refractivity contribution < 1.29 is 0 Å². The Morgan fingerprint density at radius 3 is 1.86 bits per heavy atom. The Hall–Kier alpha value is -0.0800. The third-order valence-electron chi connectivity index (χ3n) is 3.02. The zero-order valence-electron chi connectivity index (χ0n) is 9.97. The fourth-order valence-electron chi connectivity index (χ4n) is 2.06. The molecule has 2 nitrogen and oxygen atoms in total. The molecular formula is C12H26N2. The number of hydrogen-bond acceptors (Lipinski definition) is 2. The summed E-state index contributed by atoms with van der Waals surface area (Å²) in [5.74, 6) is 0. The summed E-state index contributed by atoms with van der Waals surface area (Å²) in [5.41, 5.74) is 0. The molecule has 0 aromatic heterocycles. The van der Waals surface area contributed by atoms with Crippen LogP contribution < -0.4 is 0 Å². The first-order valence-corrected chi connectivity index (χ1v) is 6.38. The van der Waals surface area contributed by atoms with Crippen molar-refractivity contribution >= 4 is 0 Å². The Morgan fingerprint density at radius 2 is 1.43 bits per heavy atom. The fraction of sp³-hybridized carbons (Fsp3) is 1.00. The molecule has 1 aliphatic rings. The van der Waals surface area contributed by atoms with E-state index in [1.54, 1.807) is 0 Å². The lowest BCUT2D eigenvalue weighted by Gasteiger charge is -2.31. The van der Waals surface area contributed by atoms with Crippen molar-refractivity contribution in [1.29, 1.82) is 0 Å². The molecule has 0 aromatic carbocycles. The normalized spacial score (nSPS) is 18.2. The predicted molar refractivity (Wildman–Crippen MR) is 62.2 cm³/mol. The highest BCUT2D eigenvalue weighted by molar-refractivity contribution is 4.65. The standard InChI is InChI=1S/C12H26N2/c1-3-5-9-13(10-6-4-2)14-11-7-8-12-14/h3-12H2,1-2H3. The maximum absolute atomic E-state index is 2.60. The number of hydrogen-bond donors (Lipinski definition) is 0. The van der Waals surface area contributed by atoms with Gasteiger partial charge in [0.05, 0.1) is 0 Å². The highest BCUT2D eigenvalue weighted by Crippen LogP contribution is 2.12. The SMILES string of the molecule is CCCCN(CCCC)N1CCCC1. The van der Waals surface area contributed by atoms with E-state index >= 15 is 0 Å². The molecule has 0 atom stereocenters. The summed E-state index contributed by atoms with van der Waals surface area (Å²) < 4.78 is 0. The summed E-state index contributed by atoms with van der Waals surface area (Å²) in [6, 6.07) is 0. The fourth-order valence-corrected chi connectivity index (χ4v) is 2.06. The second kappa shape index (κ2) is 7.24. The van der Waals surface area contributed by atoms with Crippen molar-refractivity contribution in [3.8, 4) is 0 Å². The molecule has 1 aliphatic heterocycles. The van der Waals surface area contributed by atoms with Gasteiger partial charge < -0.3 is 0 Å². The topological polar surface area (TPSA) is 6.48 Å². The summed E-state index contributed by atoms with van der Waals surface area (Å²) in [6.07, 6.45) is 8.12. The molecule has 0 N–H and O–H groups in total. The molecule has 1 fully saturated rings. The Balaban J connectivity index is 2.26. The van der Waals surface area contributed by atoms with Gasteiger partial charge in [0, 0.05) is 26.2 Å². The number of rotatable bonds is 7. The first-order chi connectivity index (χ1) is 6.88. The van der Waals surface area contributed by atoms with Crippen LogP contribution in [0.3, 0.4) is 0 Å². The van der Waals surface area contributed by atoms with Crippen LogP contribution in [0.15, 0.2) is 0 Å². The molecule has 0 aromatic rings. The molecule has 1 heterocycles. The van der Waals surface area contributed by atoms with Crippen molar-refractivity contribution in [2.24, 2.45) is 0 Å². The first-order valence-electron chi connectivity index (χ1n) is 6.38. The summed E-state index contributed by atoms with van der Waals surface area (Å²) in [4.78, 5) is 0. The minimum absolute atomic E-state index is 1.27. The summed E-state index contributed by atoms with van der Waals surface area (Å²) in [5, 5.41) is 5.17. The largest absolute Gasteiger partial charge is 0.242 e. The van der Waals surface area contributed by atoms with E-state index < -0.39 is 0 Å². The van der Waals surface area contributed by atoms with Crippen molar-refractivity contribution in [3.63, 3.8) is 0 Å². The van der Waals surface area contributed by atoms with Crippen LogP contribution in [0.2, 0.25) is 0 Å². The Labute approximate surface area is 89.2 Å². The first kappa shape index (κ1) is 12.0. The van der Waals surface area contributed by atoms with Gasteiger partial charge in [-0.05, 0) is 25.7 Å². The highest BCUT2D eigenvalue weighted by Gasteiger charge is 2.17. The van der Waals surface area contributed by atoms with Gasteiger partial charge in [-0.1, -0.05) is 26.7 Å². The molecule has 84 valence electrons. The van der Waals surface area contributed by atoms with Crippen molar-refractivity contribution in [1.82, 2.24) is 10.0 Å². The second-order valence-corrected chi connectivity index (χ2v) is 4.32. The molecule has 1 saturated heterocycles. The zero-order valence-corrected chi connectivity index (χ0v) is 9.97. The Morgan fingerprint density at radius 1 is 0.929 bits per heavy atom. The Kier molecular flexibility index (Phi) is 6.20. The van der Waals surface area contributed by atoms with Gasteiger partial charge in [0.15, 0.2) is 0 Å². The molecular weight excluding hydrogens is 172 g/mol. The minimum Gasteiger partial charge on any atom is -0.242 e. The van der Waals surface area contributed by atoms with E-state index in [0.29, 0.717) is 0 Å². The smallest absolute Gasteiger partial charge is 0.0133 e. The van der Waals surface area contributed by atoms with Crippen LogP contribution >= 0.6 is 0 Å². The number of unbranched alkanes of at least 4 members (excludes halogenated alkanes) is 2. The lowest BCUT2D eigenvalue weighted by molar-refractivity contribution is -0.00549. The lowest BCUT2D eigenvalue weighted by Crippen LogP contribution is -2.41. The van der Waals surface area contributed by atoms with Crippen LogP contribution in [0.25, 0.3) is 0 Å². The van der Waals surface area contributed by atoms with E-state index in [-0.39, 0.29) is 0 Å². The van der Waals surface area contributed by atoms with Gasteiger partial charge >= 0.3 is 0 Å². The van der Waals surface area contributed by atoms with Crippen LogP contribution in [-0.4, -0.2) is 36.2 Å². The van der Waals surface area contributed by atoms with E-state index in [0.717, 1.165) is 0 Å². The molecule has 1 rings (SSSR count). The molecule has 2 heteroatoms. The summed E-state index contributed by atoms with van der Waals surface area (Å²) in [6.45, 7) is 9.71. The average Bonchev–Trinajstić information content (AvgIpc) is 2.71. The monoisotopic (exact) mass is 198 g/mol. The maximum Gasteiger partial charge on any atom is 0.0133 e. The van der Waals surface area contributed by atoms with Gasteiger partial charge in [0.1, 0.15) is 0 Å². The van der Waals surface area contributed by atoms with Gasteiger partial charge in [-0.3, -0.25) is 0 Å². The van der Waals surface area contributed by atoms with Crippen LogP contribution in [-0.2, 0) is 0 Å². The van der Waals surface area contributed by atoms with E-state index in [2.05, 4.69) is 23.9 Å². The van der Waals surface area contributed by atoms with Gasteiger partial charge in [-0.25, -0.2) is 10.0 Å². The van der Waals surface area contributed by atoms with Crippen molar-refractivity contribution in [3.05, 3.63) is 0 Å². The highest BCUT2D eigenvalue weighted by atomic mass is 15.6. The van der Waals surface area contributed by atoms with Crippen molar-refractivity contribution in [2.75, 3.05) is 26.2 Å². The third kappa shape index (κ3) is 3.97. The van der Waals surface area contributed by atoms with E-state index in [1.807, 2.05) is 0 Å². The van der Waals surface area contributed by atoms with E-state index in [4.69, 9.17) is 0 Å². The van der Waals surface area contributed by atoms with Gasteiger partial charge in [0.25, 0.3) is 0 Å². The minimum atomic E-state index is 1.27. The van der Waals surface area contributed by atoms with Crippen LogP contribution in [0.4, 0.5) is 0 Å². The molecule has 0 amide bonds. The van der Waals surface area contributed by atoms with Crippen molar-refractivity contribution in [2.45, 2.75) is 52.4 Å². The molecule has 14 heavy (non-hydrogen) atoms. The summed E-state index contributed by atoms with van der Waals surface area (Å²) >= 11 is 0. The van der Waals surface area contributed by atoms with Gasteiger partial charge in [-0.2, -0.15) is 0 Å². The van der Waals surface area contributed by atoms with E-state index in [9.17, 15) is 0 Å². The number of nitrogens with zero attached hydrogens (tertiary/aromatic N) is 2. The van der Waals surface area contributed by atoms with Gasteiger partial charge in [-0.15, -0.1) is 0 Å². The molecule has 0 radical (unpaired) electrons. The second-order valence-electron chi connectivity index (χ2n) is 4.32. The van der Waals surface area contributed by atoms with Crippen LogP contribution in [0.5, 0.6) is 0 Å².